The van der Waals surface area contributed by atoms with E-state index < -0.39 is 12.0 Å². The Hall–Kier alpha value is -2.90. The Balaban J connectivity index is 1.45. The molecule has 0 radical (unpaired) electrons. The van der Waals surface area contributed by atoms with Crippen molar-refractivity contribution in [3.8, 4) is 0 Å². The molecule has 4 rings (SSSR count). The molecule has 0 aliphatic carbocycles. The van der Waals surface area contributed by atoms with Crippen molar-refractivity contribution in [3.05, 3.63) is 69.6 Å². The molecule has 3 atom stereocenters. The molecule has 0 saturated carbocycles. The number of aromatic nitrogens is 2. The number of aliphatic hydroxyl groups is 1. The molecule has 7 heteroatoms. The fourth-order valence-electron chi connectivity index (χ4n) is 4.23. The Morgan fingerprint density at radius 1 is 1.34 bits per heavy atom. The van der Waals surface area contributed by atoms with Crippen molar-refractivity contribution in [3.63, 3.8) is 0 Å². The molecule has 152 valence electrons. The SMILES string of the molecule is CC(CCc1cccc(C(N)=O)c1)NC1CCn2c(=O)[nH]c3cccc(c32)C1O. The van der Waals surface area contributed by atoms with Crippen molar-refractivity contribution in [2.45, 2.75) is 50.9 Å². The van der Waals surface area contributed by atoms with Gasteiger partial charge < -0.3 is 21.1 Å². The number of hydrogen-bond donors (Lipinski definition) is 4. The maximum Gasteiger partial charge on any atom is 0.326 e. The van der Waals surface area contributed by atoms with Gasteiger partial charge in [0.2, 0.25) is 5.91 Å². The van der Waals surface area contributed by atoms with Crippen LogP contribution in [0.25, 0.3) is 11.0 Å². The number of primary amides is 1. The minimum Gasteiger partial charge on any atom is -0.387 e. The molecule has 1 aliphatic heterocycles. The number of aromatic amines is 1. The number of nitrogens with two attached hydrogens (primary N) is 1. The number of imidazole rings is 1. The van der Waals surface area contributed by atoms with Gasteiger partial charge in [0.05, 0.1) is 17.1 Å². The summed E-state index contributed by atoms with van der Waals surface area (Å²) in [5.41, 5.74) is 9.13. The first-order valence-electron chi connectivity index (χ1n) is 9.98. The molecule has 1 amide bonds. The van der Waals surface area contributed by atoms with E-state index in [0.717, 1.165) is 35.0 Å². The van der Waals surface area contributed by atoms with Crippen molar-refractivity contribution in [1.82, 2.24) is 14.9 Å². The van der Waals surface area contributed by atoms with E-state index in [2.05, 4.69) is 17.2 Å². The number of aryl methyl sites for hydroxylation is 2. The second-order valence-electron chi connectivity index (χ2n) is 7.84. The molecule has 3 aromatic rings. The van der Waals surface area contributed by atoms with Crippen molar-refractivity contribution in [2.24, 2.45) is 5.73 Å². The highest BCUT2D eigenvalue weighted by atomic mass is 16.3. The first-order valence-corrected chi connectivity index (χ1v) is 9.98. The summed E-state index contributed by atoms with van der Waals surface area (Å²) in [4.78, 5) is 26.5. The number of rotatable bonds is 6. The third-order valence-corrected chi connectivity index (χ3v) is 5.76. The van der Waals surface area contributed by atoms with Crippen molar-refractivity contribution in [1.29, 1.82) is 0 Å². The normalized spacial score (nSPS) is 19.8. The van der Waals surface area contributed by atoms with Crippen molar-refractivity contribution < 1.29 is 9.90 Å². The van der Waals surface area contributed by atoms with Gasteiger partial charge in [0.15, 0.2) is 0 Å². The van der Waals surface area contributed by atoms with Crippen LogP contribution in [0.1, 0.15) is 47.4 Å². The summed E-state index contributed by atoms with van der Waals surface area (Å²) < 4.78 is 1.72. The van der Waals surface area contributed by atoms with Crippen LogP contribution < -0.4 is 16.7 Å². The molecule has 0 fully saturated rings. The van der Waals surface area contributed by atoms with Crippen LogP contribution in [0.3, 0.4) is 0 Å². The summed E-state index contributed by atoms with van der Waals surface area (Å²) in [6.07, 6.45) is 1.61. The van der Waals surface area contributed by atoms with Crippen LogP contribution >= 0.6 is 0 Å². The van der Waals surface area contributed by atoms with Crippen LogP contribution in [0.4, 0.5) is 0 Å². The van der Waals surface area contributed by atoms with E-state index in [0.29, 0.717) is 18.5 Å². The van der Waals surface area contributed by atoms with Gasteiger partial charge in [-0.25, -0.2) is 4.79 Å². The number of para-hydroxylation sites is 1. The molecule has 2 aromatic carbocycles. The van der Waals surface area contributed by atoms with E-state index in [4.69, 9.17) is 5.73 Å². The lowest BCUT2D eigenvalue weighted by Crippen LogP contribution is -2.41. The van der Waals surface area contributed by atoms with Gasteiger partial charge in [-0.05, 0) is 49.9 Å². The lowest BCUT2D eigenvalue weighted by atomic mass is 9.98. The van der Waals surface area contributed by atoms with Crippen LogP contribution in [-0.4, -0.2) is 32.6 Å². The van der Waals surface area contributed by atoms with E-state index in [1.54, 1.807) is 10.6 Å². The molecule has 0 saturated heterocycles. The highest BCUT2D eigenvalue weighted by Gasteiger charge is 2.29. The Morgan fingerprint density at radius 2 is 2.14 bits per heavy atom. The number of nitrogens with one attached hydrogen (secondary N) is 2. The maximum absolute atomic E-state index is 12.3. The monoisotopic (exact) mass is 394 g/mol. The first-order chi connectivity index (χ1) is 13.9. The molecule has 7 nitrogen and oxygen atoms in total. The predicted molar refractivity (Wildman–Crippen MR) is 112 cm³/mol. The molecule has 1 aromatic heterocycles. The highest BCUT2D eigenvalue weighted by molar-refractivity contribution is 5.92. The van der Waals surface area contributed by atoms with Crippen LogP contribution in [-0.2, 0) is 13.0 Å². The standard InChI is InChI=1S/C22H26N4O3/c1-13(8-9-14-4-2-5-15(12-14)21(23)28)24-18-10-11-26-19-16(20(18)27)6-3-7-17(19)25-22(26)29/h2-7,12-13,18,20,24,27H,8-11H2,1H3,(H2,23,28)(H,25,29). The van der Waals surface area contributed by atoms with Gasteiger partial charge in [0.25, 0.3) is 0 Å². The summed E-state index contributed by atoms with van der Waals surface area (Å²) in [6.45, 7) is 2.64. The average molecular weight is 394 g/mol. The zero-order valence-corrected chi connectivity index (χ0v) is 16.4. The maximum atomic E-state index is 12.3. The number of hydrogen-bond acceptors (Lipinski definition) is 4. The number of aliphatic hydroxyl groups excluding tert-OH is 1. The fourth-order valence-corrected chi connectivity index (χ4v) is 4.23. The third kappa shape index (κ3) is 3.83. The summed E-state index contributed by atoms with van der Waals surface area (Å²) >= 11 is 0. The Labute approximate surface area is 168 Å². The molecule has 0 spiro atoms. The smallest absolute Gasteiger partial charge is 0.326 e. The number of carbonyl (C=O) groups is 1. The van der Waals surface area contributed by atoms with Gasteiger partial charge in [-0.1, -0.05) is 24.3 Å². The van der Waals surface area contributed by atoms with Gasteiger partial charge >= 0.3 is 5.69 Å². The molecular formula is C22H26N4O3. The van der Waals surface area contributed by atoms with Crippen LogP contribution in [0, 0.1) is 0 Å². The second-order valence-corrected chi connectivity index (χ2v) is 7.84. The third-order valence-electron chi connectivity index (χ3n) is 5.76. The van der Waals surface area contributed by atoms with Crippen LogP contribution in [0.2, 0.25) is 0 Å². The van der Waals surface area contributed by atoms with E-state index in [-0.39, 0.29) is 17.8 Å². The van der Waals surface area contributed by atoms with E-state index in [1.165, 1.54) is 0 Å². The second kappa shape index (κ2) is 7.85. The van der Waals surface area contributed by atoms with E-state index in [1.807, 2.05) is 36.4 Å². The zero-order chi connectivity index (χ0) is 20.5. The molecule has 5 N–H and O–H groups in total. The predicted octanol–water partition coefficient (Wildman–Crippen LogP) is 1.85. The zero-order valence-electron chi connectivity index (χ0n) is 16.4. The topological polar surface area (TPSA) is 113 Å². The molecule has 29 heavy (non-hydrogen) atoms. The number of benzene rings is 2. The number of H-pyrrole nitrogens is 1. The molecular weight excluding hydrogens is 368 g/mol. The van der Waals surface area contributed by atoms with Crippen molar-refractivity contribution >= 4 is 16.9 Å². The Morgan fingerprint density at radius 3 is 2.93 bits per heavy atom. The Kier molecular flexibility index (Phi) is 5.25. The summed E-state index contributed by atoms with van der Waals surface area (Å²) in [5, 5.41) is 14.5. The quantitative estimate of drug-likeness (QED) is 0.511. The number of nitrogens with zero attached hydrogens (tertiary/aromatic N) is 1. The average Bonchev–Trinajstić information content (AvgIpc) is 2.96. The fraction of sp³-hybridized carbons (Fsp3) is 0.364. The van der Waals surface area contributed by atoms with Crippen LogP contribution in [0.15, 0.2) is 47.3 Å². The summed E-state index contributed by atoms with van der Waals surface area (Å²) in [6, 6.07) is 13.0. The number of carbonyl (C=O) groups excluding carboxylic acids is 1. The van der Waals surface area contributed by atoms with Crippen LogP contribution in [0.5, 0.6) is 0 Å². The molecule has 0 bridgehead atoms. The largest absolute Gasteiger partial charge is 0.387 e. The molecule has 3 unspecified atom stereocenters. The lowest BCUT2D eigenvalue weighted by Gasteiger charge is -2.26. The lowest BCUT2D eigenvalue weighted by molar-refractivity contribution is 0.1000. The Bertz CT molecular complexity index is 1100. The first kappa shape index (κ1) is 19.4. The molecule has 2 heterocycles. The summed E-state index contributed by atoms with van der Waals surface area (Å²) in [5.74, 6) is -0.423. The number of amides is 1. The van der Waals surface area contributed by atoms with Gasteiger partial charge in [-0.2, -0.15) is 0 Å². The van der Waals surface area contributed by atoms with Gasteiger partial charge in [-0.15, -0.1) is 0 Å². The minimum absolute atomic E-state index is 0.136. The van der Waals surface area contributed by atoms with Gasteiger partial charge in [-0.3, -0.25) is 9.36 Å². The molecule has 1 aliphatic rings. The minimum atomic E-state index is -0.691. The van der Waals surface area contributed by atoms with Gasteiger partial charge in [0.1, 0.15) is 0 Å². The van der Waals surface area contributed by atoms with E-state index >= 15 is 0 Å². The van der Waals surface area contributed by atoms with E-state index in [9.17, 15) is 14.7 Å². The van der Waals surface area contributed by atoms with Gasteiger partial charge in [0, 0.05) is 29.8 Å². The highest BCUT2D eigenvalue weighted by Crippen LogP contribution is 2.30. The van der Waals surface area contributed by atoms with Crippen molar-refractivity contribution in [2.75, 3.05) is 0 Å². The summed E-state index contributed by atoms with van der Waals surface area (Å²) in [7, 11) is 0.